The molecule has 0 spiro atoms. The Hall–Kier alpha value is -3.20. The molecule has 172 valence electrons. The molecule has 1 aliphatic carbocycles. The van der Waals surface area contributed by atoms with Crippen LogP contribution >= 0.6 is 11.8 Å². The molecule has 3 aromatic rings. The molecule has 0 saturated heterocycles. The highest BCUT2D eigenvalue weighted by atomic mass is 32.2. The van der Waals surface area contributed by atoms with E-state index in [0.717, 1.165) is 31.2 Å². The van der Waals surface area contributed by atoms with E-state index in [-0.39, 0.29) is 28.8 Å². The van der Waals surface area contributed by atoms with Gasteiger partial charge in [-0.1, -0.05) is 42.8 Å². The number of rotatable bonds is 8. The van der Waals surface area contributed by atoms with E-state index in [1.54, 1.807) is 35.2 Å². The molecule has 0 aliphatic heterocycles. The Morgan fingerprint density at radius 1 is 1.15 bits per heavy atom. The molecule has 2 N–H and O–H groups in total. The Labute approximate surface area is 196 Å². The number of amides is 2. The lowest BCUT2D eigenvalue weighted by molar-refractivity contribution is -0.113. The van der Waals surface area contributed by atoms with Gasteiger partial charge in [0.15, 0.2) is 5.16 Å². The van der Waals surface area contributed by atoms with Gasteiger partial charge in [0.05, 0.1) is 5.75 Å². The Morgan fingerprint density at radius 2 is 1.91 bits per heavy atom. The molecule has 0 atom stereocenters. The number of halogens is 1. The van der Waals surface area contributed by atoms with Crippen molar-refractivity contribution in [3.05, 3.63) is 71.8 Å². The lowest BCUT2D eigenvalue weighted by Crippen LogP contribution is -2.39. The molecule has 1 heterocycles. The first-order valence-corrected chi connectivity index (χ1v) is 11.8. The van der Waals surface area contributed by atoms with E-state index < -0.39 is 0 Å². The second-order valence-corrected chi connectivity index (χ2v) is 9.26. The van der Waals surface area contributed by atoms with Crippen molar-refractivity contribution in [3.63, 3.8) is 0 Å². The van der Waals surface area contributed by atoms with Gasteiger partial charge in [0, 0.05) is 30.3 Å². The number of anilines is 1. The van der Waals surface area contributed by atoms with Crippen LogP contribution in [0.2, 0.25) is 0 Å². The molecule has 4 rings (SSSR count). The van der Waals surface area contributed by atoms with Crippen LogP contribution in [-0.4, -0.2) is 38.9 Å². The van der Waals surface area contributed by atoms with E-state index in [0.29, 0.717) is 23.0 Å². The number of aromatic nitrogens is 3. The van der Waals surface area contributed by atoms with Crippen molar-refractivity contribution in [1.29, 1.82) is 0 Å². The van der Waals surface area contributed by atoms with Gasteiger partial charge in [-0.2, -0.15) is 0 Å². The maximum atomic E-state index is 13.4. The van der Waals surface area contributed by atoms with Crippen molar-refractivity contribution >= 4 is 29.3 Å². The molecule has 2 amide bonds. The molecule has 1 fully saturated rings. The summed E-state index contributed by atoms with van der Waals surface area (Å²) in [6.45, 7) is 0.488. The van der Waals surface area contributed by atoms with E-state index >= 15 is 0 Å². The number of aryl methyl sites for hydroxylation is 1. The number of benzene rings is 2. The third-order valence-corrected chi connectivity index (χ3v) is 7.05. The van der Waals surface area contributed by atoms with E-state index in [9.17, 15) is 14.0 Å². The zero-order chi connectivity index (χ0) is 23.3. The monoisotopic (exact) mass is 467 g/mol. The summed E-state index contributed by atoms with van der Waals surface area (Å²) in [5.41, 5.74) is 1.91. The quantitative estimate of drug-likeness (QED) is 0.490. The van der Waals surface area contributed by atoms with Crippen LogP contribution in [0.3, 0.4) is 0 Å². The smallest absolute Gasteiger partial charge is 0.251 e. The molecule has 0 unspecified atom stereocenters. The molecule has 0 bridgehead atoms. The Bertz CT molecular complexity index is 1130. The van der Waals surface area contributed by atoms with Gasteiger partial charge < -0.3 is 15.2 Å². The van der Waals surface area contributed by atoms with Crippen LogP contribution in [0.5, 0.6) is 0 Å². The SMILES string of the molecule is Cn1cnnc1SCC(=O)Nc1cccc(C(=O)NCC2(c3ccc(F)cc3)CCCC2)c1. The van der Waals surface area contributed by atoms with Gasteiger partial charge in [-0.15, -0.1) is 10.2 Å². The van der Waals surface area contributed by atoms with Gasteiger partial charge in [-0.3, -0.25) is 9.59 Å². The van der Waals surface area contributed by atoms with Crippen molar-refractivity contribution in [2.45, 2.75) is 36.3 Å². The first-order valence-electron chi connectivity index (χ1n) is 10.9. The third kappa shape index (κ3) is 5.60. The summed E-state index contributed by atoms with van der Waals surface area (Å²) in [5.74, 6) is -0.470. The first kappa shape index (κ1) is 23.0. The molecular formula is C24H26FN5O2S. The summed E-state index contributed by atoms with van der Waals surface area (Å²) >= 11 is 1.29. The number of hydrogen-bond donors (Lipinski definition) is 2. The number of hydrogen-bond acceptors (Lipinski definition) is 5. The highest BCUT2D eigenvalue weighted by molar-refractivity contribution is 7.99. The standard InChI is InChI=1S/C24H26FN5O2S/c1-30-16-27-29-23(30)33-14-21(31)28-20-6-4-5-17(13-20)22(32)26-15-24(11-2-3-12-24)18-7-9-19(25)10-8-18/h4-10,13,16H,2-3,11-12,14-15H2,1H3,(H,26,32)(H,28,31). The predicted molar refractivity (Wildman–Crippen MR) is 126 cm³/mol. The van der Waals surface area contributed by atoms with E-state index in [4.69, 9.17) is 0 Å². The summed E-state index contributed by atoms with van der Waals surface area (Å²) in [4.78, 5) is 25.2. The minimum absolute atomic E-state index is 0.174. The van der Waals surface area contributed by atoms with Crippen molar-refractivity contribution < 1.29 is 14.0 Å². The van der Waals surface area contributed by atoms with Gasteiger partial charge >= 0.3 is 0 Å². The topological polar surface area (TPSA) is 88.9 Å². The minimum Gasteiger partial charge on any atom is -0.351 e. The lowest BCUT2D eigenvalue weighted by Gasteiger charge is -2.30. The predicted octanol–water partition coefficient (Wildman–Crippen LogP) is 3.93. The maximum absolute atomic E-state index is 13.4. The highest BCUT2D eigenvalue weighted by Crippen LogP contribution is 2.40. The van der Waals surface area contributed by atoms with Crippen molar-refractivity contribution in [2.24, 2.45) is 7.05 Å². The number of carbonyl (C=O) groups excluding carboxylic acids is 2. The lowest BCUT2D eigenvalue weighted by atomic mass is 9.78. The zero-order valence-electron chi connectivity index (χ0n) is 18.4. The molecular weight excluding hydrogens is 441 g/mol. The summed E-state index contributed by atoms with van der Waals surface area (Å²) < 4.78 is 15.1. The van der Waals surface area contributed by atoms with E-state index in [2.05, 4.69) is 20.8 Å². The molecule has 7 nitrogen and oxygen atoms in total. The second kappa shape index (κ2) is 10.2. The van der Waals surface area contributed by atoms with Gasteiger partial charge in [-0.05, 0) is 48.7 Å². The largest absolute Gasteiger partial charge is 0.351 e. The molecule has 9 heteroatoms. The summed E-state index contributed by atoms with van der Waals surface area (Å²) in [7, 11) is 1.81. The second-order valence-electron chi connectivity index (χ2n) is 8.32. The van der Waals surface area contributed by atoms with Crippen LogP contribution in [0.25, 0.3) is 0 Å². The van der Waals surface area contributed by atoms with Crippen molar-refractivity contribution in [2.75, 3.05) is 17.6 Å². The zero-order valence-corrected chi connectivity index (χ0v) is 19.2. The fourth-order valence-corrected chi connectivity index (χ4v) is 4.93. The molecule has 0 radical (unpaired) electrons. The summed E-state index contributed by atoms with van der Waals surface area (Å²) in [6.07, 6.45) is 5.66. The van der Waals surface area contributed by atoms with Crippen LogP contribution in [0.15, 0.2) is 60.0 Å². The van der Waals surface area contributed by atoms with E-state index in [1.165, 1.54) is 23.9 Å². The number of carbonyl (C=O) groups is 2. The summed E-state index contributed by atoms with van der Waals surface area (Å²) in [6, 6.07) is 13.5. The van der Waals surface area contributed by atoms with Gasteiger partial charge in [0.1, 0.15) is 12.1 Å². The van der Waals surface area contributed by atoms with Crippen LogP contribution < -0.4 is 10.6 Å². The molecule has 1 aromatic heterocycles. The number of nitrogens with zero attached hydrogens (tertiary/aromatic N) is 3. The fraction of sp³-hybridized carbons (Fsp3) is 0.333. The maximum Gasteiger partial charge on any atom is 0.251 e. The fourth-order valence-electron chi connectivity index (χ4n) is 4.24. The average molecular weight is 468 g/mol. The average Bonchev–Trinajstić information content (AvgIpc) is 3.46. The van der Waals surface area contributed by atoms with Crippen molar-refractivity contribution in [1.82, 2.24) is 20.1 Å². The summed E-state index contributed by atoms with van der Waals surface area (Å²) in [5, 5.41) is 14.3. The van der Waals surface area contributed by atoms with E-state index in [1.807, 2.05) is 19.2 Å². The molecule has 33 heavy (non-hydrogen) atoms. The van der Waals surface area contributed by atoms with Crippen LogP contribution in [0.1, 0.15) is 41.6 Å². The van der Waals surface area contributed by atoms with Gasteiger partial charge in [0.2, 0.25) is 5.91 Å². The third-order valence-electron chi connectivity index (χ3n) is 6.02. The number of nitrogens with one attached hydrogen (secondary N) is 2. The number of thioether (sulfide) groups is 1. The van der Waals surface area contributed by atoms with Crippen LogP contribution in [0, 0.1) is 5.82 Å². The van der Waals surface area contributed by atoms with Crippen LogP contribution in [-0.2, 0) is 17.3 Å². The van der Waals surface area contributed by atoms with Crippen molar-refractivity contribution in [3.8, 4) is 0 Å². The molecule has 2 aromatic carbocycles. The Kier molecular flexibility index (Phi) is 7.08. The van der Waals surface area contributed by atoms with Gasteiger partial charge in [0.25, 0.3) is 5.91 Å². The minimum atomic E-state index is -0.259. The molecule has 1 saturated carbocycles. The van der Waals surface area contributed by atoms with Crippen LogP contribution in [0.4, 0.5) is 10.1 Å². The normalized spacial score (nSPS) is 14.7. The molecule has 1 aliphatic rings. The van der Waals surface area contributed by atoms with Gasteiger partial charge in [-0.25, -0.2) is 4.39 Å². The highest BCUT2D eigenvalue weighted by Gasteiger charge is 2.36. The Balaban J connectivity index is 1.36. The Morgan fingerprint density at radius 3 is 2.61 bits per heavy atom. The first-order chi connectivity index (χ1) is 15.9.